The van der Waals surface area contributed by atoms with Crippen LogP contribution in [0.3, 0.4) is 0 Å². The summed E-state index contributed by atoms with van der Waals surface area (Å²) >= 11 is 5.80. The molecule has 0 saturated carbocycles. The molecule has 0 N–H and O–H groups in total. The number of benzene rings is 2. The lowest BCUT2D eigenvalue weighted by molar-refractivity contribution is -0.138. The number of amides is 1. The van der Waals surface area contributed by atoms with E-state index in [-0.39, 0.29) is 5.91 Å². The normalized spacial score (nSPS) is 11.6. The van der Waals surface area contributed by atoms with E-state index in [2.05, 4.69) is 0 Å². The monoisotopic (exact) mass is 317 g/mol. The Hall–Kier alpha value is -2.33. The van der Waals surface area contributed by atoms with Gasteiger partial charge in [-0.3, -0.25) is 4.79 Å². The highest BCUT2D eigenvalue weighted by Gasteiger charge is 2.26. The summed E-state index contributed by atoms with van der Waals surface area (Å²) in [5.41, 5.74) is 0.973. The minimum absolute atomic E-state index is 0.298. The fourth-order valence-corrected chi connectivity index (χ4v) is 2.01. The first-order chi connectivity index (χ1) is 10.5. The first kappa shape index (κ1) is 16.0. The molecule has 4 nitrogen and oxygen atoms in total. The fraction of sp³-hybridized carbons (Fsp3) is 0.176. The number of likely N-dealkylation sites (N-methyl/N-ethyl adjacent to an activating group) is 1. The first-order valence-corrected chi connectivity index (χ1v) is 7.09. The third-order valence-corrected chi connectivity index (χ3v) is 3.32. The number of ether oxygens (including phenoxy) is 1. The Bertz CT molecular complexity index is 653. The van der Waals surface area contributed by atoms with Crippen LogP contribution in [-0.4, -0.2) is 30.9 Å². The molecule has 114 valence electrons. The summed E-state index contributed by atoms with van der Waals surface area (Å²) in [5.74, 6) is -0.866. The van der Waals surface area contributed by atoms with Gasteiger partial charge in [-0.15, -0.1) is 0 Å². The number of nitrogens with zero attached hydrogens (tertiary/aromatic N) is 1. The highest BCUT2D eigenvalue weighted by Crippen LogP contribution is 2.21. The molecule has 1 atom stereocenters. The Morgan fingerprint density at radius 1 is 1.00 bits per heavy atom. The third-order valence-electron chi connectivity index (χ3n) is 3.07. The summed E-state index contributed by atoms with van der Waals surface area (Å²) in [6.45, 7) is 0. The van der Waals surface area contributed by atoms with Crippen LogP contribution in [-0.2, 0) is 9.53 Å². The molecule has 22 heavy (non-hydrogen) atoms. The Kier molecular flexibility index (Phi) is 5.17. The lowest BCUT2D eigenvalue weighted by atomic mass is 10.1. The molecule has 0 aliphatic rings. The van der Waals surface area contributed by atoms with Gasteiger partial charge in [0.05, 0.1) is 5.56 Å². The standard InChI is InChI=1S/C17H16ClNO3/c1-19(2)16(20)15(12-6-4-3-5-7-12)22-17(21)13-8-10-14(18)11-9-13/h3-11,15H,1-2H3. The van der Waals surface area contributed by atoms with E-state index >= 15 is 0 Å². The Morgan fingerprint density at radius 2 is 1.59 bits per heavy atom. The van der Waals surface area contributed by atoms with Gasteiger partial charge in [-0.2, -0.15) is 0 Å². The molecule has 0 saturated heterocycles. The van der Waals surface area contributed by atoms with Crippen LogP contribution in [0.5, 0.6) is 0 Å². The highest BCUT2D eigenvalue weighted by molar-refractivity contribution is 6.30. The van der Waals surface area contributed by atoms with Crippen molar-refractivity contribution in [1.29, 1.82) is 0 Å². The predicted molar refractivity (Wildman–Crippen MR) is 84.7 cm³/mol. The molecule has 1 unspecified atom stereocenters. The maximum absolute atomic E-state index is 12.3. The van der Waals surface area contributed by atoms with Crippen molar-refractivity contribution in [2.75, 3.05) is 14.1 Å². The van der Waals surface area contributed by atoms with Crippen LogP contribution in [0.15, 0.2) is 54.6 Å². The minimum atomic E-state index is -0.973. The molecule has 0 aliphatic carbocycles. The van der Waals surface area contributed by atoms with E-state index in [1.54, 1.807) is 62.6 Å². The van der Waals surface area contributed by atoms with Crippen LogP contribution < -0.4 is 0 Å². The van der Waals surface area contributed by atoms with E-state index in [4.69, 9.17) is 16.3 Å². The lowest BCUT2D eigenvalue weighted by Gasteiger charge is -2.21. The van der Waals surface area contributed by atoms with Crippen LogP contribution >= 0.6 is 11.6 Å². The zero-order chi connectivity index (χ0) is 16.1. The van der Waals surface area contributed by atoms with E-state index in [0.717, 1.165) is 0 Å². The van der Waals surface area contributed by atoms with Crippen LogP contribution in [0, 0.1) is 0 Å². The van der Waals surface area contributed by atoms with Gasteiger partial charge in [-0.05, 0) is 24.3 Å². The number of carbonyl (C=O) groups is 2. The van der Waals surface area contributed by atoms with Gasteiger partial charge in [0.15, 0.2) is 0 Å². The third kappa shape index (κ3) is 3.86. The van der Waals surface area contributed by atoms with Crippen molar-refractivity contribution in [3.05, 3.63) is 70.7 Å². The van der Waals surface area contributed by atoms with Crippen molar-refractivity contribution in [1.82, 2.24) is 4.90 Å². The number of hydrogen-bond acceptors (Lipinski definition) is 3. The van der Waals surface area contributed by atoms with Gasteiger partial charge in [0.1, 0.15) is 0 Å². The van der Waals surface area contributed by atoms with Crippen LogP contribution in [0.1, 0.15) is 22.0 Å². The Labute approximate surface area is 134 Å². The average molecular weight is 318 g/mol. The van der Waals surface area contributed by atoms with Crippen molar-refractivity contribution < 1.29 is 14.3 Å². The second kappa shape index (κ2) is 7.09. The first-order valence-electron chi connectivity index (χ1n) is 6.71. The maximum Gasteiger partial charge on any atom is 0.339 e. The van der Waals surface area contributed by atoms with Crippen molar-refractivity contribution in [3.63, 3.8) is 0 Å². The molecule has 0 aromatic heterocycles. The van der Waals surface area contributed by atoms with Crippen molar-refractivity contribution >= 4 is 23.5 Å². The summed E-state index contributed by atoms with van der Waals surface area (Å²) in [6, 6.07) is 15.2. The van der Waals surface area contributed by atoms with Crippen LogP contribution in [0.4, 0.5) is 0 Å². The van der Waals surface area contributed by atoms with Gasteiger partial charge in [-0.25, -0.2) is 4.79 Å². The molecular weight excluding hydrogens is 302 g/mol. The van der Waals surface area contributed by atoms with Crippen molar-refractivity contribution in [2.24, 2.45) is 0 Å². The summed E-state index contributed by atoms with van der Waals surface area (Å²) in [7, 11) is 3.24. The second-order valence-electron chi connectivity index (χ2n) is 4.94. The molecular formula is C17H16ClNO3. The Balaban J connectivity index is 2.25. The SMILES string of the molecule is CN(C)C(=O)C(OC(=O)c1ccc(Cl)cc1)c1ccccc1. The van der Waals surface area contributed by atoms with Gasteiger partial charge in [0.25, 0.3) is 5.91 Å². The highest BCUT2D eigenvalue weighted by atomic mass is 35.5. The lowest BCUT2D eigenvalue weighted by Crippen LogP contribution is -2.31. The van der Waals surface area contributed by atoms with Gasteiger partial charge in [-0.1, -0.05) is 41.9 Å². The van der Waals surface area contributed by atoms with E-state index in [9.17, 15) is 9.59 Å². The summed E-state index contributed by atoms with van der Waals surface area (Å²) in [4.78, 5) is 25.9. The molecule has 2 aromatic carbocycles. The molecule has 1 amide bonds. The largest absolute Gasteiger partial charge is 0.444 e. The number of esters is 1. The number of halogens is 1. The molecule has 0 bridgehead atoms. The van der Waals surface area contributed by atoms with Gasteiger partial charge >= 0.3 is 5.97 Å². The molecule has 0 fully saturated rings. The molecule has 0 spiro atoms. The van der Waals surface area contributed by atoms with E-state index < -0.39 is 12.1 Å². The quantitative estimate of drug-likeness (QED) is 0.813. The molecule has 0 heterocycles. The van der Waals surface area contributed by atoms with E-state index in [1.807, 2.05) is 6.07 Å². The summed E-state index contributed by atoms with van der Waals surface area (Å²) in [5, 5.41) is 0.528. The molecule has 5 heteroatoms. The van der Waals surface area contributed by atoms with Crippen LogP contribution in [0.25, 0.3) is 0 Å². The van der Waals surface area contributed by atoms with Crippen LogP contribution in [0.2, 0.25) is 5.02 Å². The fourth-order valence-electron chi connectivity index (χ4n) is 1.88. The van der Waals surface area contributed by atoms with E-state index in [0.29, 0.717) is 16.1 Å². The second-order valence-corrected chi connectivity index (χ2v) is 5.37. The van der Waals surface area contributed by atoms with Gasteiger partial charge < -0.3 is 9.64 Å². The molecule has 2 rings (SSSR count). The number of rotatable bonds is 4. The minimum Gasteiger partial charge on any atom is -0.444 e. The van der Waals surface area contributed by atoms with Gasteiger partial charge in [0.2, 0.25) is 6.10 Å². The average Bonchev–Trinajstić information content (AvgIpc) is 2.53. The number of hydrogen-bond donors (Lipinski definition) is 0. The molecule has 0 aliphatic heterocycles. The maximum atomic E-state index is 12.3. The van der Waals surface area contributed by atoms with Gasteiger partial charge in [0, 0.05) is 24.7 Å². The topological polar surface area (TPSA) is 46.6 Å². The van der Waals surface area contributed by atoms with Crippen molar-refractivity contribution in [3.8, 4) is 0 Å². The number of carbonyl (C=O) groups excluding carboxylic acids is 2. The zero-order valence-corrected chi connectivity index (χ0v) is 13.1. The predicted octanol–water partition coefficient (Wildman–Crippen LogP) is 3.33. The van der Waals surface area contributed by atoms with E-state index in [1.165, 1.54) is 4.90 Å². The molecule has 0 radical (unpaired) electrons. The zero-order valence-electron chi connectivity index (χ0n) is 12.3. The Morgan fingerprint density at radius 3 is 2.14 bits per heavy atom. The smallest absolute Gasteiger partial charge is 0.339 e. The summed E-state index contributed by atoms with van der Waals surface area (Å²) < 4.78 is 5.41. The summed E-state index contributed by atoms with van der Waals surface area (Å²) in [6.07, 6.45) is -0.973. The van der Waals surface area contributed by atoms with Crippen molar-refractivity contribution in [2.45, 2.75) is 6.10 Å². The molecule has 2 aromatic rings.